The highest BCUT2D eigenvalue weighted by atomic mass is 35.5. The van der Waals surface area contributed by atoms with E-state index >= 15 is 0 Å². The Morgan fingerprint density at radius 3 is 1.88 bits per heavy atom. The summed E-state index contributed by atoms with van der Waals surface area (Å²) in [5.41, 5.74) is 4.66. The number of hydroxylamine groups is 1. The van der Waals surface area contributed by atoms with Crippen LogP contribution >= 0.6 is 12.4 Å². The Morgan fingerprint density at radius 2 is 1.39 bits per heavy atom. The monoisotopic (exact) mass is 491 g/mol. The second-order valence-electron chi connectivity index (χ2n) is 7.37. The van der Waals surface area contributed by atoms with Gasteiger partial charge in [-0.05, 0) is 47.5 Å². The van der Waals surface area contributed by atoms with Gasteiger partial charge in [0.15, 0.2) is 5.78 Å². The van der Waals surface area contributed by atoms with Gasteiger partial charge in [0.25, 0.3) is 5.91 Å². The number of sulfonamides is 1. The number of nitrogens with zero attached hydrogens (tertiary/aromatic N) is 2. The van der Waals surface area contributed by atoms with Crippen molar-refractivity contribution >= 4 is 52.0 Å². The van der Waals surface area contributed by atoms with Gasteiger partial charge in [0.1, 0.15) is 0 Å². The minimum Gasteiger partial charge on any atom is -0.369 e. The van der Waals surface area contributed by atoms with Crippen molar-refractivity contribution in [2.75, 3.05) is 37.3 Å². The molecule has 2 N–H and O–H groups in total. The molecule has 0 saturated carbocycles. The van der Waals surface area contributed by atoms with Gasteiger partial charge in [-0.1, -0.05) is 30.3 Å². The van der Waals surface area contributed by atoms with Crippen LogP contribution in [-0.4, -0.2) is 62.1 Å². The minimum atomic E-state index is -3.16. The Hall–Kier alpha value is -2.98. The van der Waals surface area contributed by atoms with Crippen LogP contribution in [0.3, 0.4) is 0 Å². The van der Waals surface area contributed by atoms with Crippen LogP contribution in [-0.2, 0) is 14.8 Å². The zero-order valence-corrected chi connectivity index (χ0v) is 19.7. The molecule has 1 heterocycles. The van der Waals surface area contributed by atoms with Crippen molar-refractivity contribution in [2.24, 2.45) is 0 Å². The predicted octanol–water partition coefficient (Wildman–Crippen LogP) is 2.60. The third-order valence-corrected chi connectivity index (χ3v) is 6.43. The standard InChI is InChI=1S/C23H25N3O5S.ClH/c1-32(30,31)26-16-14-25(15-17-26)21-10-8-20(9-11-21)22(27)12-6-18-2-4-19(5-3-18)7-13-23(28)24-29;/h2-13,29H,14-17H2,1H3,(H,24,28);1H. The summed E-state index contributed by atoms with van der Waals surface area (Å²) in [7, 11) is -3.16. The van der Waals surface area contributed by atoms with Crippen molar-refractivity contribution in [2.45, 2.75) is 0 Å². The molecule has 0 spiro atoms. The van der Waals surface area contributed by atoms with Crippen molar-refractivity contribution in [1.29, 1.82) is 0 Å². The van der Waals surface area contributed by atoms with Crippen molar-refractivity contribution in [3.63, 3.8) is 0 Å². The topological polar surface area (TPSA) is 107 Å². The van der Waals surface area contributed by atoms with Gasteiger partial charge in [0.05, 0.1) is 6.26 Å². The number of amides is 1. The third-order valence-electron chi connectivity index (χ3n) is 5.13. The molecule has 0 aliphatic carbocycles. The molecule has 0 unspecified atom stereocenters. The van der Waals surface area contributed by atoms with Gasteiger partial charge in [0, 0.05) is 43.5 Å². The number of nitrogens with one attached hydrogen (secondary N) is 1. The van der Waals surface area contributed by atoms with Crippen molar-refractivity contribution in [3.8, 4) is 0 Å². The van der Waals surface area contributed by atoms with Crippen molar-refractivity contribution in [1.82, 2.24) is 9.79 Å². The highest BCUT2D eigenvalue weighted by Crippen LogP contribution is 2.19. The number of halogens is 1. The lowest BCUT2D eigenvalue weighted by atomic mass is 10.1. The number of hydrogen-bond donors (Lipinski definition) is 2. The Kier molecular flexibility index (Phi) is 9.36. The summed E-state index contributed by atoms with van der Waals surface area (Å²) in [5.74, 6) is -0.733. The van der Waals surface area contributed by atoms with Crippen LogP contribution in [0.25, 0.3) is 12.2 Å². The molecule has 2 aromatic rings. The number of benzene rings is 2. The fourth-order valence-electron chi connectivity index (χ4n) is 3.31. The summed E-state index contributed by atoms with van der Waals surface area (Å²) in [5, 5.41) is 8.47. The normalized spacial score (nSPS) is 14.9. The van der Waals surface area contributed by atoms with E-state index in [0.717, 1.165) is 16.8 Å². The minimum absolute atomic E-state index is 0. The van der Waals surface area contributed by atoms with Crippen LogP contribution in [0.15, 0.2) is 60.7 Å². The molecule has 0 radical (unpaired) electrons. The van der Waals surface area contributed by atoms with Crippen LogP contribution in [0, 0.1) is 0 Å². The summed E-state index contributed by atoms with van der Waals surface area (Å²) in [6, 6.07) is 14.5. The van der Waals surface area contributed by atoms with Crippen LogP contribution in [0.4, 0.5) is 5.69 Å². The van der Waals surface area contributed by atoms with Gasteiger partial charge < -0.3 is 4.90 Å². The molecular weight excluding hydrogens is 466 g/mol. The van der Waals surface area contributed by atoms with E-state index in [1.807, 2.05) is 24.3 Å². The molecule has 33 heavy (non-hydrogen) atoms. The van der Waals surface area contributed by atoms with E-state index in [2.05, 4.69) is 4.90 Å². The molecule has 0 atom stereocenters. The summed E-state index contributed by atoms with van der Waals surface area (Å²) in [6.07, 6.45) is 7.22. The van der Waals surface area contributed by atoms with Gasteiger partial charge in [-0.25, -0.2) is 13.9 Å². The molecule has 1 fully saturated rings. The van der Waals surface area contributed by atoms with E-state index in [0.29, 0.717) is 31.7 Å². The molecule has 1 amide bonds. The number of piperazine rings is 1. The van der Waals surface area contributed by atoms with Crippen LogP contribution in [0.1, 0.15) is 21.5 Å². The van der Waals surface area contributed by atoms with E-state index in [1.165, 1.54) is 28.2 Å². The Labute approximate surface area is 199 Å². The second-order valence-corrected chi connectivity index (χ2v) is 9.35. The lowest BCUT2D eigenvalue weighted by molar-refractivity contribution is -0.124. The van der Waals surface area contributed by atoms with Crippen molar-refractivity contribution < 1.29 is 23.2 Å². The molecule has 8 nitrogen and oxygen atoms in total. The maximum atomic E-state index is 12.5. The average Bonchev–Trinajstić information content (AvgIpc) is 2.81. The summed E-state index contributed by atoms with van der Waals surface area (Å²) < 4.78 is 24.7. The molecule has 3 rings (SSSR count). The highest BCUT2D eigenvalue weighted by molar-refractivity contribution is 7.88. The van der Waals surface area contributed by atoms with Gasteiger partial charge in [-0.15, -0.1) is 12.4 Å². The zero-order valence-electron chi connectivity index (χ0n) is 18.0. The molecule has 10 heteroatoms. The zero-order chi connectivity index (χ0) is 23.1. The molecule has 1 aliphatic heterocycles. The lowest BCUT2D eigenvalue weighted by Crippen LogP contribution is -2.48. The molecule has 1 saturated heterocycles. The fourth-order valence-corrected chi connectivity index (χ4v) is 4.14. The molecule has 1 aliphatic rings. The lowest BCUT2D eigenvalue weighted by Gasteiger charge is -2.34. The van der Waals surface area contributed by atoms with Crippen LogP contribution in [0.2, 0.25) is 0 Å². The van der Waals surface area contributed by atoms with Crippen LogP contribution in [0.5, 0.6) is 0 Å². The van der Waals surface area contributed by atoms with E-state index in [4.69, 9.17) is 5.21 Å². The van der Waals surface area contributed by atoms with E-state index in [1.54, 1.807) is 36.4 Å². The molecular formula is C23H26ClN3O5S. The third kappa shape index (κ3) is 7.54. The van der Waals surface area contributed by atoms with Gasteiger partial charge in [0.2, 0.25) is 10.0 Å². The van der Waals surface area contributed by atoms with E-state index in [9.17, 15) is 18.0 Å². The number of allylic oxidation sites excluding steroid dienone is 1. The maximum Gasteiger partial charge on any atom is 0.267 e. The summed E-state index contributed by atoms with van der Waals surface area (Å²) >= 11 is 0. The number of carbonyl (C=O) groups is 2. The highest BCUT2D eigenvalue weighted by Gasteiger charge is 2.23. The molecule has 176 valence electrons. The van der Waals surface area contributed by atoms with Gasteiger partial charge in [-0.3, -0.25) is 14.8 Å². The smallest absolute Gasteiger partial charge is 0.267 e. The predicted molar refractivity (Wildman–Crippen MR) is 131 cm³/mol. The van der Waals surface area contributed by atoms with E-state index < -0.39 is 15.9 Å². The fraction of sp³-hybridized carbons (Fsp3) is 0.217. The molecule has 2 aromatic carbocycles. The maximum absolute atomic E-state index is 12.5. The number of rotatable bonds is 7. The SMILES string of the molecule is CS(=O)(=O)N1CCN(c2ccc(C(=O)C=Cc3ccc(C=CC(=O)NO)cc3)cc2)CC1.Cl. The van der Waals surface area contributed by atoms with Gasteiger partial charge in [-0.2, -0.15) is 4.31 Å². The summed E-state index contributed by atoms with van der Waals surface area (Å²) in [6.45, 7) is 2.11. The number of hydrogen-bond acceptors (Lipinski definition) is 6. The first-order chi connectivity index (χ1) is 15.3. The summed E-state index contributed by atoms with van der Waals surface area (Å²) in [4.78, 5) is 25.6. The number of carbonyl (C=O) groups excluding carboxylic acids is 2. The molecule has 0 bridgehead atoms. The van der Waals surface area contributed by atoms with Gasteiger partial charge >= 0.3 is 0 Å². The van der Waals surface area contributed by atoms with Crippen molar-refractivity contribution in [3.05, 3.63) is 77.4 Å². The quantitative estimate of drug-likeness (QED) is 0.267. The number of anilines is 1. The first-order valence-corrected chi connectivity index (χ1v) is 11.9. The Bertz CT molecular complexity index is 1120. The molecule has 0 aromatic heterocycles. The van der Waals surface area contributed by atoms with E-state index in [-0.39, 0.29) is 18.2 Å². The number of ketones is 1. The first-order valence-electron chi connectivity index (χ1n) is 10.0. The second kappa shape index (κ2) is 11.8. The largest absolute Gasteiger partial charge is 0.369 e. The Morgan fingerprint density at radius 1 is 0.879 bits per heavy atom. The first kappa shape index (κ1) is 26.3. The Balaban J connectivity index is 0.00000385. The van der Waals surface area contributed by atoms with Crippen LogP contribution < -0.4 is 10.4 Å². The average molecular weight is 492 g/mol.